The molecule has 1 atom stereocenters. The molecule has 2 amide bonds. The first-order valence-electron chi connectivity index (χ1n) is 10.3. The van der Waals surface area contributed by atoms with E-state index in [1.807, 2.05) is 0 Å². The number of carbonyl (C=O) groups excluding carboxylic acids is 3. The number of ether oxygens (including phenoxy) is 1. The fourth-order valence-electron chi connectivity index (χ4n) is 3.32. The summed E-state index contributed by atoms with van der Waals surface area (Å²) in [5, 5.41) is 2.52. The molecular formula is C22H24FN3O6S. The number of benzene rings is 2. The van der Waals surface area contributed by atoms with Gasteiger partial charge >= 0.3 is 5.97 Å². The Kier molecular flexibility index (Phi) is 7.44. The van der Waals surface area contributed by atoms with Gasteiger partial charge in [0.2, 0.25) is 15.9 Å². The van der Waals surface area contributed by atoms with Crippen LogP contribution in [0.1, 0.15) is 46.9 Å². The Hall–Kier alpha value is -3.31. The summed E-state index contributed by atoms with van der Waals surface area (Å²) in [7, 11) is -4.11. The number of halogens is 1. The number of hydrogen-bond donors (Lipinski definition) is 2. The molecule has 0 aromatic heterocycles. The third-order valence-electron chi connectivity index (χ3n) is 5.19. The summed E-state index contributed by atoms with van der Waals surface area (Å²) in [5.41, 5.74) is 5.58. The molecule has 0 radical (unpaired) electrons. The van der Waals surface area contributed by atoms with Crippen LogP contribution in [0, 0.1) is 5.82 Å². The average molecular weight is 478 g/mol. The molecule has 1 aliphatic heterocycles. The predicted molar refractivity (Wildman–Crippen MR) is 117 cm³/mol. The average Bonchev–Trinajstić information content (AvgIpc) is 2.80. The fraction of sp³-hybridized carbons (Fsp3) is 0.318. The van der Waals surface area contributed by atoms with Gasteiger partial charge in [0.15, 0.2) is 6.10 Å². The third kappa shape index (κ3) is 5.74. The lowest BCUT2D eigenvalue weighted by Gasteiger charge is -2.26. The maximum Gasteiger partial charge on any atom is 0.338 e. The Morgan fingerprint density at radius 3 is 2.24 bits per heavy atom. The van der Waals surface area contributed by atoms with Gasteiger partial charge in [-0.25, -0.2) is 17.6 Å². The van der Waals surface area contributed by atoms with Gasteiger partial charge in [-0.3, -0.25) is 9.59 Å². The normalized spacial score (nSPS) is 15.5. The maximum absolute atomic E-state index is 14.3. The molecule has 33 heavy (non-hydrogen) atoms. The number of primary amides is 1. The summed E-state index contributed by atoms with van der Waals surface area (Å²) in [6, 6.07) is 8.69. The second-order valence-corrected chi connectivity index (χ2v) is 9.49. The monoisotopic (exact) mass is 477 g/mol. The van der Waals surface area contributed by atoms with Crippen molar-refractivity contribution >= 4 is 33.5 Å². The van der Waals surface area contributed by atoms with Crippen LogP contribution in [-0.2, 0) is 19.6 Å². The van der Waals surface area contributed by atoms with Gasteiger partial charge in [0.25, 0.3) is 5.91 Å². The van der Waals surface area contributed by atoms with Gasteiger partial charge < -0.3 is 15.8 Å². The molecule has 1 saturated heterocycles. The standard InChI is InChI=1S/C22H24FN3O6S/c1-14(21(28)25-17-8-5-15(6-9-17)20(24)27)32-22(29)16-7-10-18(23)19(13-16)33(30,31)26-11-3-2-4-12-26/h5-10,13-14H,2-4,11-12H2,1H3,(H2,24,27)(H,25,28)/t14-/m0/s1. The lowest BCUT2D eigenvalue weighted by Crippen LogP contribution is -2.36. The molecular weight excluding hydrogens is 453 g/mol. The van der Waals surface area contributed by atoms with E-state index in [-0.39, 0.29) is 24.2 Å². The van der Waals surface area contributed by atoms with Crippen molar-refractivity contribution in [1.82, 2.24) is 4.31 Å². The molecule has 0 spiro atoms. The van der Waals surface area contributed by atoms with E-state index in [0.29, 0.717) is 18.5 Å². The smallest absolute Gasteiger partial charge is 0.338 e. The van der Waals surface area contributed by atoms with Crippen LogP contribution in [0.4, 0.5) is 10.1 Å². The minimum Gasteiger partial charge on any atom is -0.449 e. The third-order valence-corrected chi connectivity index (χ3v) is 7.10. The van der Waals surface area contributed by atoms with Gasteiger partial charge in [-0.05, 0) is 62.2 Å². The van der Waals surface area contributed by atoms with Crippen LogP contribution in [0.2, 0.25) is 0 Å². The molecule has 0 saturated carbocycles. The number of nitrogens with zero attached hydrogens (tertiary/aromatic N) is 1. The van der Waals surface area contributed by atoms with Gasteiger partial charge in [0, 0.05) is 24.3 Å². The Labute approximate surface area is 190 Å². The van der Waals surface area contributed by atoms with Gasteiger partial charge in [0.1, 0.15) is 10.7 Å². The quantitative estimate of drug-likeness (QED) is 0.587. The van der Waals surface area contributed by atoms with E-state index in [0.717, 1.165) is 24.6 Å². The number of nitrogens with two attached hydrogens (primary N) is 1. The van der Waals surface area contributed by atoms with Crippen molar-refractivity contribution in [2.75, 3.05) is 18.4 Å². The topological polar surface area (TPSA) is 136 Å². The number of amides is 2. The molecule has 0 bridgehead atoms. The molecule has 0 aliphatic carbocycles. The molecule has 1 aliphatic rings. The lowest BCUT2D eigenvalue weighted by atomic mass is 10.2. The van der Waals surface area contributed by atoms with E-state index in [2.05, 4.69) is 5.32 Å². The van der Waals surface area contributed by atoms with Crippen LogP contribution in [0.15, 0.2) is 47.4 Å². The fourth-order valence-corrected chi connectivity index (χ4v) is 4.92. The first-order chi connectivity index (χ1) is 15.6. The van der Waals surface area contributed by atoms with Crippen molar-refractivity contribution in [1.29, 1.82) is 0 Å². The first-order valence-corrected chi connectivity index (χ1v) is 11.7. The van der Waals surface area contributed by atoms with Crippen molar-refractivity contribution in [2.24, 2.45) is 5.73 Å². The molecule has 0 unspecified atom stereocenters. The molecule has 2 aromatic rings. The number of hydrogen-bond acceptors (Lipinski definition) is 6. The highest BCUT2D eigenvalue weighted by molar-refractivity contribution is 7.89. The Balaban J connectivity index is 1.69. The SMILES string of the molecule is C[C@H](OC(=O)c1ccc(F)c(S(=O)(=O)N2CCCCC2)c1)C(=O)Nc1ccc(C(N)=O)cc1. The minimum atomic E-state index is -4.11. The van der Waals surface area contributed by atoms with Crippen LogP contribution < -0.4 is 11.1 Å². The highest BCUT2D eigenvalue weighted by Gasteiger charge is 2.30. The number of rotatable bonds is 7. The van der Waals surface area contributed by atoms with E-state index in [9.17, 15) is 27.2 Å². The van der Waals surface area contributed by atoms with Crippen molar-refractivity contribution < 1.29 is 31.9 Å². The highest BCUT2D eigenvalue weighted by Crippen LogP contribution is 2.24. The molecule has 11 heteroatoms. The van der Waals surface area contributed by atoms with Crippen LogP contribution in [0.25, 0.3) is 0 Å². The summed E-state index contributed by atoms with van der Waals surface area (Å²) in [4.78, 5) is 35.4. The number of nitrogens with one attached hydrogen (secondary N) is 1. The minimum absolute atomic E-state index is 0.197. The van der Waals surface area contributed by atoms with Crippen LogP contribution in [-0.4, -0.2) is 49.7 Å². The van der Waals surface area contributed by atoms with Crippen molar-refractivity contribution in [3.05, 3.63) is 59.4 Å². The van der Waals surface area contributed by atoms with Crippen molar-refractivity contribution in [3.8, 4) is 0 Å². The summed E-state index contributed by atoms with van der Waals surface area (Å²) < 4.78 is 46.3. The van der Waals surface area contributed by atoms with Crippen molar-refractivity contribution in [2.45, 2.75) is 37.2 Å². The highest BCUT2D eigenvalue weighted by atomic mass is 32.2. The van der Waals surface area contributed by atoms with Gasteiger partial charge in [0.05, 0.1) is 5.56 Å². The largest absolute Gasteiger partial charge is 0.449 e. The van der Waals surface area contributed by atoms with Crippen LogP contribution in [0.3, 0.4) is 0 Å². The molecule has 1 heterocycles. The number of piperidine rings is 1. The van der Waals surface area contributed by atoms with Crippen molar-refractivity contribution in [3.63, 3.8) is 0 Å². The van der Waals surface area contributed by atoms with E-state index >= 15 is 0 Å². The lowest BCUT2D eigenvalue weighted by molar-refractivity contribution is -0.123. The Bertz CT molecular complexity index is 1160. The van der Waals surface area contributed by atoms with E-state index in [1.54, 1.807) is 0 Å². The van der Waals surface area contributed by atoms with Gasteiger partial charge in [-0.15, -0.1) is 0 Å². The van der Waals surface area contributed by atoms with Gasteiger partial charge in [-0.1, -0.05) is 6.42 Å². The van der Waals surface area contributed by atoms with Crippen LogP contribution >= 0.6 is 0 Å². The number of anilines is 1. The van der Waals surface area contributed by atoms with E-state index in [4.69, 9.17) is 10.5 Å². The van der Waals surface area contributed by atoms with E-state index < -0.39 is 44.6 Å². The maximum atomic E-state index is 14.3. The molecule has 3 rings (SSSR count). The molecule has 1 fully saturated rings. The zero-order valence-corrected chi connectivity index (χ0v) is 18.7. The number of esters is 1. The molecule has 9 nitrogen and oxygen atoms in total. The Morgan fingerprint density at radius 1 is 1.03 bits per heavy atom. The van der Waals surface area contributed by atoms with Crippen LogP contribution in [0.5, 0.6) is 0 Å². The summed E-state index contributed by atoms with van der Waals surface area (Å²) in [6.07, 6.45) is 1.03. The summed E-state index contributed by atoms with van der Waals surface area (Å²) in [5.74, 6) is -3.21. The van der Waals surface area contributed by atoms with Gasteiger partial charge in [-0.2, -0.15) is 4.31 Å². The number of sulfonamides is 1. The molecule has 176 valence electrons. The second kappa shape index (κ2) is 10.1. The number of carbonyl (C=O) groups is 3. The first kappa shape index (κ1) is 24.3. The zero-order valence-electron chi connectivity index (χ0n) is 17.9. The Morgan fingerprint density at radius 2 is 1.64 bits per heavy atom. The predicted octanol–water partition coefficient (Wildman–Crippen LogP) is 2.28. The second-order valence-electron chi connectivity index (χ2n) is 7.59. The van der Waals surface area contributed by atoms with E-state index in [1.165, 1.54) is 35.5 Å². The zero-order chi connectivity index (χ0) is 24.2. The molecule has 2 aromatic carbocycles. The molecule has 3 N–H and O–H groups in total. The summed E-state index contributed by atoms with van der Waals surface area (Å²) >= 11 is 0. The summed E-state index contributed by atoms with van der Waals surface area (Å²) in [6.45, 7) is 1.90.